The summed E-state index contributed by atoms with van der Waals surface area (Å²) in [6.07, 6.45) is -1.07. The molecular formula is C17H18F4N4. The smallest absolute Gasteiger partial charge is 0.350 e. The summed E-state index contributed by atoms with van der Waals surface area (Å²) in [5, 5.41) is 6.49. The van der Waals surface area contributed by atoms with E-state index >= 15 is 0 Å². The number of nitrogens with zero attached hydrogens (tertiary/aromatic N) is 2. The molecule has 2 heterocycles. The van der Waals surface area contributed by atoms with E-state index in [2.05, 4.69) is 20.6 Å². The number of aromatic nitrogens is 2. The molecule has 1 unspecified atom stereocenters. The SMILES string of the molecule is Cc1nc(NC2CCCNC2)ncc1-c1ccc(C(F)(F)F)cc1F. The van der Waals surface area contributed by atoms with Gasteiger partial charge in [0.2, 0.25) is 5.95 Å². The van der Waals surface area contributed by atoms with E-state index in [-0.39, 0.29) is 11.6 Å². The third-order valence-corrected chi connectivity index (χ3v) is 4.20. The van der Waals surface area contributed by atoms with Gasteiger partial charge in [-0.15, -0.1) is 0 Å². The van der Waals surface area contributed by atoms with E-state index in [0.29, 0.717) is 23.3 Å². The van der Waals surface area contributed by atoms with Crippen molar-refractivity contribution >= 4 is 5.95 Å². The zero-order chi connectivity index (χ0) is 18.0. The first-order valence-electron chi connectivity index (χ1n) is 8.02. The van der Waals surface area contributed by atoms with Crippen LogP contribution in [0.5, 0.6) is 0 Å². The van der Waals surface area contributed by atoms with E-state index in [4.69, 9.17) is 0 Å². The molecule has 1 aromatic carbocycles. The highest BCUT2D eigenvalue weighted by Crippen LogP contribution is 2.33. The van der Waals surface area contributed by atoms with E-state index in [1.165, 1.54) is 6.20 Å². The molecule has 0 bridgehead atoms. The fourth-order valence-corrected chi connectivity index (χ4v) is 2.87. The second kappa shape index (κ2) is 6.95. The molecule has 0 spiro atoms. The first-order chi connectivity index (χ1) is 11.8. The average Bonchev–Trinajstić information content (AvgIpc) is 2.56. The summed E-state index contributed by atoms with van der Waals surface area (Å²) in [7, 11) is 0. The molecule has 4 nitrogen and oxygen atoms in total. The normalized spacial score (nSPS) is 18.2. The number of rotatable bonds is 3. The van der Waals surface area contributed by atoms with Crippen LogP contribution in [0, 0.1) is 12.7 Å². The standard InChI is InChI=1S/C17H18F4N4/c1-10-14(13-5-4-11(7-15(13)18)17(19,20)21)9-23-16(24-10)25-12-3-2-6-22-8-12/h4-5,7,9,12,22H,2-3,6,8H2,1H3,(H,23,24,25). The van der Waals surface area contributed by atoms with Crippen molar-refractivity contribution in [3.63, 3.8) is 0 Å². The van der Waals surface area contributed by atoms with Gasteiger partial charge in [0.15, 0.2) is 0 Å². The first-order valence-corrected chi connectivity index (χ1v) is 8.02. The number of alkyl halides is 3. The second-order valence-electron chi connectivity index (χ2n) is 6.07. The lowest BCUT2D eigenvalue weighted by molar-refractivity contribution is -0.137. The monoisotopic (exact) mass is 354 g/mol. The van der Waals surface area contributed by atoms with Crippen LogP contribution >= 0.6 is 0 Å². The summed E-state index contributed by atoms with van der Waals surface area (Å²) in [5.74, 6) is -0.513. The summed E-state index contributed by atoms with van der Waals surface area (Å²) in [6, 6.07) is 2.69. The number of anilines is 1. The Labute approximate surface area is 142 Å². The topological polar surface area (TPSA) is 49.8 Å². The third kappa shape index (κ3) is 4.07. The highest BCUT2D eigenvalue weighted by Gasteiger charge is 2.31. The molecule has 0 saturated carbocycles. The van der Waals surface area contributed by atoms with Gasteiger partial charge in [-0.05, 0) is 38.4 Å². The molecule has 1 atom stereocenters. The fraction of sp³-hybridized carbons (Fsp3) is 0.412. The van der Waals surface area contributed by atoms with E-state index in [1.54, 1.807) is 6.92 Å². The number of halogens is 4. The summed E-state index contributed by atoms with van der Waals surface area (Å²) < 4.78 is 52.1. The third-order valence-electron chi connectivity index (χ3n) is 4.20. The molecule has 3 rings (SSSR count). The molecule has 1 aliphatic heterocycles. The van der Waals surface area contributed by atoms with Gasteiger partial charge in [0.25, 0.3) is 0 Å². The Morgan fingerprint density at radius 1 is 1.24 bits per heavy atom. The van der Waals surface area contributed by atoms with Gasteiger partial charge in [0, 0.05) is 29.9 Å². The number of hydrogen-bond acceptors (Lipinski definition) is 4. The van der Waals surface area contributed by atoms with Gasteiger partial charge in [0.1, 0.15) is 5.82 Å². The predicted molar refractivity (Wildman–Crippen MR) is 86.7 cm³/mol. The molecule has 2 aromatic rings. The number of benzene rings is 1. The van der Waals surface area contributed by atoms with Crippen LogP contribution in [0.25, 0.3) is 11.1 Å². The van der Waals surface area contributed by atoms with Crippen LogP contribution in [-0.4, -0.2) is 29.1 Å². The van der Waals surface area contributed by atoms with Crippen molar-refractivity contribution in [3.05, 3.63) is 41.5 Å². The summed E-state index contributed by atoms with van der Waals surface area (Å²) in [4.78, 5) is 8.50. The van der Waals surface area contributed by atoms with Crippen LogP contribution in [0.3, 0.4) is 0 Å². The van der Waals surface area contributed by atoms with Crippen molar-refractivity contribution in [1.82, 2.24) is 15.3 Å². The quantitative estimate of drug-likeness (QED) is 0.824. The van der Waals surface area contributed by atoms with Gasteiger partial charge in [-0.3, -0.25) is 0 Å². The molecule has 1 aliphatic rings. The molecule has 8 heteroatoms. The van der Waals surface area contributed by atoms with Crippen molar-refractivity contribution in [2.75, 3.05) is 18.4 Å². The number of aryl methyl sites for hydroxylation is 1. The molecule has 1 aromatic heterocycles. The zero-order valence-corrected chi connectivity index (χ0v) is 13.6. The molecule has 1 fully saturated rings. The average molecular weight is 354 g/mol. The molecule has 0 amide bonds. The summed E-state index contributed by atoms with van der Waals surface area (Å²) >= 11 is 0. The predicted octanol–water partition coefficient (Wildman–Crippen LogP) is 3.77. The van der Waals surface area contributed by atoms with Crippen LogP contribution in [0.4, 0.5) is 23.5 Å². The van der Waals surface area contributed by atoms with Crippen LogP contribution in [0.15, 0.2) is 24.4 Å². The number of piperidine rings is 1. The van der Waals surface area contributed by atoms with Crippen molar-refractivity contribution in [3.8, 4) is 11.1 Å². The van der Waals surface area contributed by atoms with Crippen LogP contribution in [0.2, 0.25) is 0 Å². The Morgan fingerprint density at radius 2 is 2.04 bits per heavy atom. The Bertz CT molecular complexity index is 755. The minimum atomic E-state index is -4.58. The molecule has 2 N–H and O–H groups in total. The van der Waals surface area contributed by atoms with Crippen molar-refractivity contribution in [2.24, 2.45) is 0 Å². The maximum absolute atomic E-state index is 14.1. The largest absolute Gasteiger partial charge is 0.416 e. The number of hydrogen-bond donors (Lipinski definition) is 2. The van der Waals surface area contributed by atoms with E-state index < -0.39 is 17.6 Å². The highest BCUT2D eigenvalue weighted by molar-refractivity contribution is 5.66. The van der Waals surface area contributed by atoms with Crippen molar-refractivity contribution in [1.29, 1.82) is 0 Å². The van der Waals surface area contributed by atoms with Gasteiger partial charge < -0.3 is 10.6 Å². The van der Waals surface area contributed by atoms with E-state index in [1.807, 2.05) is 0 Å². The zero-order valence-electron chi connectivity index (χ0n) is 13.6. The van der Waals surface area contributed by atoms with Crippen molar-refractivity contribution < 1.29 is 17.6 Å². The van der Waals surface area contributed by atoms with Crippen LogP contribution < -0.4 is 10.6 Å². The van der Waals surface area contributed by atoms with Gasteiger partial charge in [-0.1, -0.05) is 6.07 Å². The van der Waals surface area contributed by atoms with Crippen molar-refractivity contribution in [2.45, 2.75) is 32.0 Å². The molecule has 0 radical (unpaired) electrons. The lowest BCUT2D eigenvalue weighted by Crippen LogP contribution is -2.38. The lowest BCUT2D eigenvalue weighted by Gasteiger charge is -2.24. The molecule has 1 saturated heterocycles. The Balaban J connectivity index is 1.83. The Morgan fingerprint density at radius 3 is 2.64 bits per heavy atom. The van der Waals surface area contributed by atoms with Crippen LogP contribution in [-0.2, 0) is 6.18 Å². The summed E-state index contributed by atoms with van der Waals surface area (Å²) in [5.41, 5.74) is -0.0924. The molecule has 134 valence electrons. The van der Waals surface area contributed by atoms with Crippen LogP contribution in [0.1, 0.15) is 24.1 Å². The fourth-order valence-electron chi connectivity index (χ4n) is 2.87. The van der Waals surface area contributed by atoms with Gasteiger partial charge in [0.05, 0.1) is 11.3 Å². The maximum Gasteiger partial charge on any atom is 0.416 e. The van der Waals surface area contributed by atoms with Gasteiger partial charge in [-0.2, -0.15) is 13.2 Å². The lowest BCUT2D eigenvalue weighted by atomic mass is 10.0. The Hall–Kier alpha value is -2.22. The first kappa shape index (κ1) is 17.6. The second-order valence-corrected chi connectivity index (χ2v) is 6.07. The molecule has 25 heavy (non-hydrogen) atoms. The van der Waals surface area contributed by atoms with Gasteiger partial charge >= 0.3 is 6.18 Å². The van der Waals surface area contributed by atoms with E-state index in [9.17, 15) is 17.6 Å². The highest BCUT2D eigenvalue weighted by atomic mass is 19.4. The molecule has 0 aliphatic carbocycles. The summed E-state index contributed by atoms with van der Waals surface area (Å²) in [6.45, 7) is 3.49. The Kier molecular flexibility index (Phi) is 4.89. The van der Waals surface area contributed by atoms with E-state index in [0.717, 1.165) is 38.1 Å². The minimum Gasteiger partial charge on any atom is -0.350 e. The maximum atomic E-state index is 14.1. The number of nitrogens with one attached hydrogen (secondary N) is 2. The van der Waals surface area contributed by atoms with Gasteiger partial charge in [-0.25, -0.2) is 14.4 Å². The minimum absolute atomic E-state index is 0.0522. The molecular weight excluding hydrogens is 336 g/mol.